The van der Waals surface area contributed by atoms with E-state index < -0.39 is 11.5 Å². The Hall–Kier alpha value is -1.78. The molecule has 1 amide bonds. The largest absolute Gasteiger partial charge is 0.480 e. The van der Waals surface area contributed by atoms with Crippen LogP contribution in [0.5, 0.6) is 0 Å². The smallest absolute Gasteiger partial charge is 0.329 e. The molecule has 1 aliphatic carbocycles. The number of rotatable bonds is 5. The molecular formula is C11H13NO4. The maximum absolute atomic E-state index is 11.5. The van der Waals surface area contributed by atoms with Crippen LogP contribution in [0, 0.1) is 0 Å². The first-order valence-electron chi connectivity index (χ1n) is 5.19. The van der Waals surface area contributed by atoms with Crippen LogP contribution in [0.25, 0.3) is 0 Å². The number of carboxylic acid groups (broad SMARTS) is 1. The Morgan fingerprint density at radius 2 is 2.25 bits per heavy atom. The lowest BCUT2D eigenvalue weighted by Crippen LogP contribution is -2.43. The summed E-state index contributed by atoms with van der Waals surface area (Å²) in [5, 5.41) is 11.4. The quantitative estimate of drug-likeness (QED) is 0.778. The molecule has 0 unspecified atom stereocenters. The van der Waals surface area contributed by atoms with Crippen LogP contribution in [-0.2, 0) is 16.0 Å². The second-order valence-electron chi connectivity index (χ2n) is 4.01. The van der Waals surface area contributed by atoms with Gasteiger partial charge in [0.15, 0.2) is 0 Å². The molecule has 1 fully saturated rings. The zero-order valence-corrected chi connectivity index (χ0v) is 8.73. The summed E-state index contributed by atoms with van der Waals surface area (Å²) in [4.78, 5) is 22.3. The van der Waals surface area contributed by atoms with E-state index in [2.05, 4.69) is 5.32 Å². The van der Waals surface area contributed by atoms with Crippen molar-refractivity contribution < 1.29 is 19.1 Å². The van der Waals surface area contributed by atoms with Crippen molar-refractivity contribution in [2.75, 3.05) is 0 Å². The monoisotopic (exact) mass is 223 g/mol. The van der Waals surface area contributed by atoms with Crippen molar-refractivity contribution in [3.63, 3.8) is 0 Å². The Labute approximate surface area is 92.4 Å². The maximum atomic E-state index is 11.5. The maximum Gasteiger partial charge on any atom is 0.329 e. The fraction of sp³-hybridized carbons (Fsp3) is 0.455. The van der Waals surface area contributed by atoms with Gasteiger partial charge >= 0.3 is 5.97 Å². The zero-order valence-electron chi connectivity index (χ0n) is 8.73. The van der Waals surface area contributed by atoms with Gasteiger partial charge in [0.2, 0.25) is 5.91 Å². The molecular weight excluding hydrogens is 210 g/mol. The molecule has 0 aliphatic heterocycles. The standard InChI is InChI=1S/C11H13NO4/c13-9(4-3-8-2-1-7-16-8)12-11(5-6-11)10(14)15/h1-2,7H,3-6H2,(H,12,13)(H,14,15). The Kier molecular flexibility index (Phi) is 2.68. The van der Waals surface area contributed by atoms with Gasteiger partial charge < -0.3 is 14.8 Å². The average molecular weight is 223 g/mol. The lowest BCUT2D eigenvalue weighted by atomic mass is 10.2. The minimum atomic E-state index is -0.986. The summed E-state index contributed by atoms with van der Waals surface area (Å²) in [6.45, 7) is 0. The van der Waals surface area contributed by atoms with E-state index in [1.165, 1.54) is 0 Å². The topological polar surface area (TPSA) is 79.5 Å². The fourth-order valence-corrected chi connectivity index (χ4v) is 1.54. The fourth-order valence-electron chi connectivity index (χ4n) is 1.54. The van der Waals surface area contributed by atoms with Gasteiger partial charge in [0.1, 0.15) is 11.3 Å². The number of hydrogen-bond acceptors (Lipinski definition) is 3. The lowest BCUT2D eigenvalue weighted by Gasteiger charge is -2.11. The van der Waals surface area contributed by atoms with Crippen LogP contribution in [-0.4, -0.2) is 22.5 Å². The van der Waals surface area contributed by atoms with E-state index >= 15 is 0 Å². The summed E-state index contributed by atoms with van der Waals surface area (Å²) in [7, 11) is 0. The predicted molar refractivity (Wildman–Crippen MR) is 54.8 cm³/mol. The molecule has 0 bridgehead atoms. The van der Waals surface area contributed by atoms with E-state index in [1.807, 2.05) is 0 Å². The van der Waals surface area contributed by atoms with Crippen molar-refractivity contribution >= 4 is 11.9 Å². The third-order valence-corrected chi connectivity index (χ3v) is 2.72. The second-order valence-corrected chi connectivity index (χ2v) is 4.01. The number of carbonyl (C=O) groups excluding carboxylic acids is 1. The lowest BCUT2D eigenvalue weighted by molar-refractivity contribution is -0.143. The number of carboxylic acids is 1. The van der Waals surface area contributed by atoms with Gasteiger partial charge in [-0.05, 0) is 25.0 Å². The zero-order chi connectivity index (χ0) is 11.6. The summed E-state index contributed by atoms with van der Waals surface area (Å²) in [5.74, 6) is -0.453. The number of nitrogens with one attached hydrogen (secondary N) is 1. The van der Waals surface area contributed by atoms with E-state index in [9.17, 15) is 9.59 Å². The minimum Gasteiger partial charge on any atom is -0.480 e. The third kappa shape index (κ3) is 2.24. The molecule has 2 N–H and O–H groups in total. The first-order chi connectivity index (χ1) is 7.62. The van der Waals surface area contributed by atoms with E-state index in [0.29, 0.717) is 19.3 Å². The van der Waals surface area contributed by atoms with Gasteiger partial charge in [-0.1, -0.05) is 0 Å². The molecule has 5 nitrogen and oxygen atoms in total. The van der Waals surface area contributed by atoms with Crippen LogP contribution < -0.4 is 5.32 Å². The molecule has 1 aliphatic rings. The highest BCUT2D eigenvalue weighted by molar-refractivity contribution is 5.89. The Balaban J connectivity index is 1.79. The Morgan fingerprint density at radius 3 is 2.75 bits per heavy atom. The van der Waals surface area contributed by atoms with Gasteiger partial charge in [-0.25, -0.2) is 4.79 Å². The minimum absolute atomic E-state index is 0.240. The number of aliphatic carboxylic acids is 1. The van der Waals surface area contributed by atoms with Crippen LogP contribution in [0.3, 0.4) is 0 Å². The van der Waals surface area contributed by atoms with Crippen LogP contribution in [0.2, 0.25) is 0 Å². The van der Waals surface area contributed by atoms with Crippen LogP contribution in [0.1, 0.15) is 25.0 Å². The van der Waals surface area contributed by atoms with Crippen LogP contribution in [0.4, 0.5) is 0 Å². The van der Waals surface area contributed by atoms with Gasteiger partial charge in [-0.15, -0.1) is 0 Å². The Morgan fingerprint density at radius 1 is 1.50 bits per heavy atom. The molecule has 0 saturated heterocycles. The van der Waals surface area contributed by atoms with Crippen molar-refractivity contribution in [3.05, 3.63) is 24.2 Å². The highest BCUT2D eigenvalue weighted by Gasteiger charge is 2.51. The number of amides is 1. The van der Waals surface area contributed by atoms with Crippen LogP contribution in [0.15, 0.2) is 22.8 Å². The predicted octanol–water partition coefficient (Wildman–Crippen LogP) is 0.946. The van der Waals surface area contributed by atoms with Gasteiger partial charge in [0.05, 0.1) is 6.26 Å². The van der Waals surface area contributed by atoms with E-state index in [-0.39, 0.29) is 12.3 Å². The van der Waals surface area contributed by atoms with Gasteiger partial charge in [0, 0.05) is 12.8 Å². The molecule has 86 valence electrons. The second kappa shape index (κ2) is 4.00. The van der Waals surface area contributed by atoms with Gasteiger partial charge in [0.25, 0.3) is 0 Å². The molecule has 5 heteroatoms. The summed E-state index contributed by atoms with van der Waals surface area (Å²) >= 11 is 0. The van der Waals surface area contributed by atoms with Crippen molar-refractivity contribution in [1.29, 1.82) is 0 Å². The molecule has 0 spiro atoms. The average Bonchev–Trinajstić information content (AvgIpc) is 2.84. The van der Waals surface area contributed by atoms with Crippen molar-refractivity contribution in [1.82, 2.24) is 5.32 Å². The summed E-state index contributed by atoms with van der Waals surface area (Å²) < 4.78 is 5.08. The SMILES string of the molecule is O=C(CCc1ccco1)NC1(C(=O)O)CC1. The van der Waals surface area contributed by atoms with E-state index in [0.717, 1.165) is 5.76 Å². The molecule has 1 saturated carbocycles. The third-order valence-electron chi connectivity index (χ3n) is 2.72. The number of carbonyl (C=O) groups is 2. The molecule has 1 aromatic rings. The van der Waals surface area contributed by atoms with E-state index in [4.69, 9.17) is 9.52 Å². The number of furan rings is 1. The Bertz CT molecular complexity index is 392. The molecule has 0 radical (unpaired) electrons. The van der Waals surface area contributed by atoms with Crippen molar-refractivity contribution in [2.45, 2.75) is 31.2 Å². The van der Waals surface area contributed by atoms with Crippen molar-refractivity contribution in [2.24, 2.45) is 0 Å². The van der Waals surface area contributed by atoms with Crippen LogP contribution >= 0.6 is 0 Å². The first-order valence-corrected chi connectivity index (χ1v) is 5.19. The van der Waals surface area contributed by atoms with E-state index in [1.54, 1.807) is 18.4 Å². The normalized spacial score (nSPS) is 16.8. The summed E-state index contributed by atoms with van der Waals surface area (Å²) in [6.07, 6.45) is 3.34. The molecule has 0 aromatic carbocycles. The molecule has 1 heterocycles. The molecule has 1 aromatic heterocycles. The van der Waals surface area contributed by atoms with Gasteiger partial charge in [-0.3, -0.25) is 4.79 Å². The summed E-state index contributed by atoms with van der Waals surface area (Å²) in [5.41, 5.74) is -0.986. The molecule has 16 heavy (non-hydrogen) atoms. The number of hydrogen-bond donors (Lipinski definition) is 2. The highest BCUT2D eigenvalue weighted by Crippen LogP contribution is 2.35. The first kappa shape index (κ1) is 10.7. The highest BCUT2D eigenvalue weighted by atomic mass is 16.4. The van der Waals surface area contributed by atoms with Crippen molar-refractivity contribution in [3.8, 4) is 0 Å². The van der Waals surface area contributed by atoms with Gasteiger partial charge in [-0.2, -0.15) is 0 Å². The number of aryl methyl sites for hydroxylation is 1. The summed E-state index contributed by atoms with van der Waals surface area (Å²) in [6, 6.07) is 3.55. The molecule has 2 rings (SSSR count). The molecule has 0 atom stereocenters.